The highest BCUT2D eigenvalue weighted by Crippen LogP contribution is 2.35. The second kappa shape index (κ2) is 8.86. The van der Waals surface area contributed by atoms with Gasteiger partial charge >= 0.3 is 0 Å². The van der Waals surface area contributed by atoms with Crippen molar-refractivity contribution in [3.8, 4) is 0 Å². The maximum atomic E-state index is 13.4. The minimum Gasteiger partial charge on any atom is -0.229 e. The number of hydrogen-bond donors (Lipinski definition) is 0. The lowest BCUT2D eigenvalue weighted by Crippen LogP contribution is -2.15. The Hall–Kier alpha value is -1.89. The molecular weight excluding hydrogens is 428 g/mol. The van der Waals surface area contributed by atoms with Crippen LogP contribution < -0.4 is 0 Å². The summed E-state index contributed by atoms with van der Waals surface area (Å²) in [6, 6.07) is 19.6. The molecule has 0 heterocycles. The third kappa shape index (κ3) is 5.59. The molecule has 0 aliphatic carbocycles. The van der Waals surface area contributed by atoms with Crippen LogP contribution in [-0.2, 0) is 19.7 Å². The molecule has 0 fully saturated rings. The van der Waals surface area contributed by atoms with E-state index in [1.54, 1.807) is 12.1 Å². The van der Waals surface area contributed by atoms with Crippen LogP contribution in [0.15, 0.2) is 71.6 Å². The van der Waals surface area contributed by atoms with Gasteiger partial charge in [0.25, 0.3) is 0 Å². The number of sulfone groups is 2. The molecule has 0 N–H and O–H groups in total. The zero-order valence-electron chi connectivity index (χ0n) is 16.1. The van der Waals surface area contributed by atoms with Gasteiger partial charge in [-0.25, -0.2) is 16.8 Å². The summed E-state index contributed by atoms with van der Waals surface area (Å²) in [5.74, 6) is 0.0540. The molecule has 1 atom stereocenters. The highest BCUT2D eigenvalue weighted by molar-refractivity contribution is 7.91. The van der Waals surface area contributed by atoms with Crippen molar-refractivity contribution in [1.29, 1.82) is 0 Å². The first-order valence-electron chi connectivity index (χ1n) is 9.33. The number of fused-ring (bicyclic) bond motifs is 1. The van der Waals surface area contributed by atoms with E-state index in [4.69, 9.17) is 11.6 Å². The predicted molar refractivity (Wildman–Crippen MR) is 119 cm³/mol. The molecule has 0 aliphatic rings. The number of benzene rings is 3. The van der Waals surface area contributed by atoms with Crippen LogP contribution in [0.25, 0.3) is 10.8 Å². The first-order valence-corrected chi connectivity index (χ1v) is 13.3. The third-order valence-electron chi connectivity index (χ3n) is 4.89. The molecule has 3 aromatic rings. The Kier molecular flexibility index (Phi) is 6.66. The van der Waals surface area contributed by atoms with Crippen molar-refractivity contribution in [3.63, 3.8) is 0 Å². The van der Waals surface area contributed by atoms with Gasteiger partial charge in [-0.15, -0.1) is 0 Å². The summed E-state index contributed by atoms with van der Waals surface area (Å²) < 4.78 is 49.6. The molecular formula is C22H23ClO4S2. The molecule has 29 heavy (non-hydrogen) atoms. The minimum absolute atomic E-state index is 0.0540. The fourth-order valence-electron chi connectivity index (χ4n) is 3.39. The van der Waals surface area contributed by atoms with E-state index in [9.17, 15) is 16.8 Å². The van der Waals surface area contributed by atoms with E-state index in [1.165, 1.54) is 18.4 Å². The van der Waals surface area contributed by atoms with Crippen molar-refractivity contribution in [1.82, 2.24) is 0 Å². The van der Waals surface area contributed by atoms with Crippen LogP contribution in [0.1, 0.15) is 30.1 Å². The van der Waals surface area contributed by atoms with Crippen molar-refractivity contribution >= 4 is 42.0 Å². The first-order chi connectivity index (χ1) is 13.7. The van der Waals surface area contributed by atoms with Crippen molar-refractivity contribution in [2.24, 2.45) is 0 Å². The summed E-state index contributed by atoms with van der Waals surface area (Å²) in [5, 5.41) is 1.72. The lowest BCUT2D eigenvalue weighted by atomic mass is 10.0. The van der Waals surface area contributed by atoms with Gasteiger partial charge < -0.3 is 0 Å². The maximum Gasteiger partial charge on any atom is 0.185 e. The van der Waals surface area contributed by atoms with Gasteiger partial charge in [-0.1, -0.05) is 54.4 Å². The van der Waals surface area contributed by atoms with Gasteiger partial charge in [-0.3, -0.25) is 0 Å². The third-order valence-corrected chi connectivity index (χ3v) is 8.36. The highest BCUT2D eigenvalue weighted by Gasteiger charge is 2.29. The Labute approximate surface area is 177 Å². The minimum atomic E-state index is -3.66. The zero-order chi connectivity index (χ0) is 21.1. The van der Waals surface area contributed by atoms with Gasteiger partial charge in [0.2, 0.25) is 0 Å². The van der Waals surface area contributed by atoms with Gasteiger partial charge in [0.1, 0.15) is 9.84 Å². The van der Waals surface area contributed by atoms with E-state index in [2.05, 4.69) is 0 Å². The topological polar surface area (TPSA) is 68.3 Å². The first kappa shape index (κ1) is 21.8. The van der Waals surface area contributed by atoms with Crippen LogP contribution in [0.4, 0.5) is 0 Å². The Balaban J connectivity index is 1.96. The molecule has 7 heteroatoms. The van der Waals surface area contributed by atoms with Gasteiger partial charge in [0, 0.05) is 17.0 Å². The van der Waals surface area contributed by atoms with Gasteiger partial charge in [0.15, 0.2) is 9.84 Å². The van der Waals surface area contributed by atoms with Crippen LogP contribution in [0.2, 0.25) is 5.02 Å². The predicted octanol–water partition coefficient (Wildman–Crippen LogP) is 5.22. The van der Waals surface area contributed by atoms with Crippen LogP contribution in [0.5, 0.6) is 0 Å². The molecule has 3 rings (SSSR count). The summed E-state index contributed by atoms with van der Waals surface area (Å²) >= 11 is 5.92. The van der Waals surface area contributed by atoms with E-state index < -0.39 is 24.9 Å². The van der Waals surface area contributed by atoms with E-state index in [-0.39, 0.29) is 10.6 Å². The Morgan fingerprint density at radius 2 is 1.48 bits per heavy atom. The normalized spacial score (nSPS) is 13.4. The molecule has 0 aliphatic heterocycles. The molecule has 0 saturated heterocycles. The van der Waals surface area contributed by atoms with E-state index in [1.807, 2.05) is 42.5 Å². The van der Waals surface area contributed by atoms with Crippen molar-refractivity contribution < 1.29 is 16.8 Å². The summed E-state index contributed by atoms with van der Waals surface area (Å²) in [6.45, 7) is 0. The van der Waals surface area contributed by atoms with Crippen LogP contribution >= 0.6 is 11.6 Å². The Morgan fingerprint density at radius 1 is 0.828 bits per heavy atom. The van der Waals surface area contributed by atoms with E-state index in [0.717, 1.165) is 10.8 Å². The molecule has 4 nitrogen and oxygen atoms in total. The van der Waals surface area contributed by atoms with Gasteiger partial charge in [-0.2, -0.15) is 0 Å². The number of halogens is 1. The summed E-state index contributed by atoms with van der Waals surface area (Å²) in [4.78, 5) is 0.211. The quantitative estimate of drug-likeness (QED) is 0.441. The molecule has 0 aromatic heterocycles. The Morgan fingerprint density at radius 3 is 2.14 bits per heavy atom. The number of unbranched alkanes of at least 4 members (excludes halogenated alkanes) is 1. The zero-order valence-corrected chi connectivity index (χ0v) is 18.5. The average Bonchev–Trinajstić information content (AvgIpc) is 2.67. The second-order valence-electron chi connectivity index (χ2n) is 7.22. The lowest BCUT2D eigenvalue weighted by molar-refractivity contribution is 0.567. The average molecular weight is 451 g/mol. The van der Waals surface area contributed by atoms with Crippen LogP contribution in [0.3, 0.4) is 0 Å². The second-order valence-corrected chi connectivity index (χ2v) is 12.0. The molecule has 3 aromatic carbocycles. The smallest absolute Gasteiger partial charge is 0.185 e. The maximum absolute atomic E-state index is 13.4. The molecule has 0 spiro atoms. The molecule has 154 valence electrons. The lowest BCUT2D eigenvalue weighted by Gasteiger charge is -2.19. The van der Waals surface area contributed by atoms with Crippen molar-refractivity contribution in [2.45, 2.75) is 29.4 Å². The number of hydrogen-bond acceptors (Lipinski definition) is 4. The molecule has 0 amide bonds. The van der Waals surface area contributed by atoms with Crippen molar-refractivity contribution in [2.75, 3.05) is 12.0 Å². The molecule has 1 unspecified atom stereocenters. The Bertz CT molecular complexity index is 1200. The monoisotopic (exact) mass is 450 g/mol. The van der Waals surface area contributed by atoms with E-state index >= 15 is 0 Å². The molecule has 0 radical (unpaired) electrons. The fourth-order valence-corrected chi connectivity index (χ4v) is 6.07. The summed E-state index contributed by atoms with van der Waals surface area (Å²) in [5.41, 5.74) is 0.706. The number of rotatable bonds is 8. The summed E-state index contributed by atoms with van der Waals surface area (Å²) in [6.07, 6.45) is 2.47. The largest absolute Gasteiger partial charge is 0.229 e. The standard InChI is InChI=1S/C22H23ClO4S2/c1-28(24,25)15-5-4-8-22(29(26,27)21-13-11-20(23)12-14-21)19-10-9-17-6-2-3-7-18(17)16-19/h2-3,6-7,9-14,16,22H,4-5,8,15H2,1H3. The van der Waals surface area contributed by atoms with Crippen LogP contribution in [0, 0.1) is 0 Å². The van der Waals surface area contributed by atoms with Gasteiger partial charge in [0.05, 0.1) is 10.1 Å². The molecule has 0 bridgehead atoms. The van der Waals surface area contributed by atoms with Gasteiger partial charge in [-0.05, 0) is 59.5 Å². The van der Waals surface area contributed by atoms with Crippen molar-refractivity contribution in [3.05, 3.63) is 77.3 Å². The fraction of sp³-hybridized carbons (Fsp3) is 0.273. The van der Waals surface area contributed by atoms with E-state index in [0.29, 0.717) is 29.8 Å². The van der Waals surface area contributed by atoms with Crippen LogP contribution in [-0.4, -0.2) is 28.8 Å². The highest BCUT2D eigenvalue weighted by atomic mass is 35.5. The molecule has 0 saturated carbocycles. The SMILES string of the molecule is CS(=O)(=O)CCCCC(c1ccc2ccccc2c1)S(=O)(=O)c1ccc(Cl)cc1. The summed E-state index contributed by atoms with van der Waals surface area (Å²) in [7, 11) is -6.74.